The number of fused-ring (bicyclic) bond motifs is 1. The van der Waals surface area contributed by atoms with Crippen molar-refractivity contribution in [2.24, 2.45) is 0 Å². The van der Waals surface area contributed by atoms with Crippen LogP contribution in [0.1, 0.15) is 5.56 Å². The van der Waals surface area contributed by atoms with E-state index in [1.807, 2.05) is 24.3 Å². The molecule has 0 aliphatic heterocycles. The topological polar surface area (TPSA) is 45.1 Å². The first-order valence-corrected chi connectivity index (χ1v) is 7.94. The number of halogens is 2. The molecule has 3 nitrogen and oxygen atoms in total. The molecule has 0 spiro atoms. The molecular weight excluding hydrogens is 360 g/mol. The molecule has 6 heteroatoms. The summed E-state index contributed by atoms with van der Waals surface area (Å²) in [5, 5.41) is 13.9. The monoisotopic (exact) mass is 368 g/mol. The van der Waals surface area contributed by atoms with Crippen LogP contribution in [0.3, 0.4) is 0 Å². The molecule has 102 valence electrons. The highest BCUT2D eigenvalue weighted by atomic mass is 79.9. The fraction of sp³-hybridized carbons (Fsp3) is 0.0714. The van der Waals surface area contributed by atoms with Gasteiger partial charge < -0.3 is 10.4 Å². The minimum absolute atomic E-state index is 0.238. The highest BCUT2D eigenvalue weighted by molar-refractivity contribution is 9.10. The van der Waals surface area contributed by atoms with E-state index in [9.17, 15) is 5.11 Å². The molecule has 1 aromatic heterocycles. The van der Waals surface area contributed by atoms with Crippen LogP contribution in [0, 0.1) is 0 Å². The van der Waals surface area contributed by atoms with E-state index in [1.165, 1.54) is 0 Å². The average Bonchev–Trinajstić information content (AvgIpc) is 2.90. The predicted molar refractivity (Wildman–Crippen MR) is 87.8 cm³/mol. The molecule has 3 rings (SSSR count). The Labute approximate surface area is 133 Å². The largest absolute Gasteiger partial charge is 0.506 e. The number of para-hydroxylation sites is 1. The summed E-state index contributed by atoms with van der Waals surface area (Å²) in [6.07, 6.45) is 0. The number of phenolic OH excluding ortho intramolecular Hbond substituents is 1. The molecule has 0 fully saturated rings. The van der Waals surface area contributed by atoms with Crippen molar-refractivity contribution in [2.75, 3.05) is 5.32 Å². The van der Waals surface area contributed by atoms with Gasteiger partial charge in [-0.2, -0.15) is 0 Å². The van der Waals surface area contributed by atoms with Crippen molar-refractivity contribution in [2.45, 2.75) is 6.54 Å². The molecule has 3 aromatic rings. The molecule has 20 heavy (non-hydrogen) atoms. The van der Waals surface area contributed by atoms with Crippen molar-refractivity contribution < 1.29 is 5.11 Å². The number of aromatic hydroxyl groups is 1. The Kier molecular flexibility index (Phi) is 3.83. The number of anilines is 1. The first kappa shape index (κ1) is 13.7. The molecule has 2 aromatic carbocycles. The third kappa shape index (κ3) is 2.49. The molecule has 0 amide bonds. The quantitative estimate of drug-likeness (QED) is 0.680. The molecule has 1 heterocycles. The lowest BCUT2D eigenvalue weighted by atomic mass is 10.2. The van der Waals surface area contributed by atoms with E-state index in [-0.39, 0.29) is 5.75 Å². The third-order valence-electron chi connectivity index (χ3n) is 2.98. The van der Waals surface area contributed by atoms with Gasteiger partial charge in [0.15, 0.2) is 0 Å². The van der Waals surface area contributed by atoms with Crippen molar-refractivity contribution in [1.29, 1.82) is 0 Å². The molecule has 0 aliphatic carbocycles. The van der Waals surface area contributed by atoms with Crippen molar-refractivity contribution in [3.05, 3.63) is 50.9 Å². The summed E-state index contributed by atoms with van der Waals surface area (Å²) in [6, 6.07) is 9.35. The number of aromatic nitrogens is 1. The molecule has 0 saturated carbocycles. The number of thiazole rings is 1. The van der Waals surface area contributed by atoms with Crippen LogP contribution in [0.15, 0.2) is 40.3 Å². The second-order valence-corrected chi connectivity index (χ2v) is 6.37. The van der Waals surface area contributed by atoms with Crippen LogP contribution in [0.5, 0.6) is 5.75 Å². The Bertz CT molecular complexity index is 775. The highest BCUT2D eigenvalue weighted by Crippen LogP contribution is 2.34. The van der Waals surface area contributed by atoms with Crippen LogP contribution in [0.25, 0.3) is 10.2 Å². The Morgan fingerprint density at radius 1 is 1.30 bits per heavy atom. The first-order valence-electron chi connectivity index (χ1n) is 5.89. The third-order valence-corrected chi connectivity index (χ3v) is 4.73. The van der Waals surface area contributed by atoms with E-state index in [2.05, 4.69) is 26.2 Å². The van der Waals surface area contributed by atoms with Gasteiger partial charge in [0.25, 0.3) is 0 Å². The zero-order valence-electron chi connectivity index (χ0n) is 10.2. The molecule has 0 saturated heterocycles. The van der Waals surface area contributed by atoms with Crippen LogP contribution < -0.4 is 5.32 Å². The van der Waals surface area contributed by atoms with Gasteiger partial charge in [0.2, 0.25) is 0 Å². The second-order valence-electron chi connectivity index (χ2n) is 4.22. The van der Waals surface area contributed by atoms with E-state index >= 15 is 0 Å². The van der Waals surface area contributed by atoms with Crippen LogP contribution in [0.4, 0.5) is 5.69 Å². The standard InChI is InChI=1S/C14H10BrClN2OS/c15-9-3-1-2-8(14(9)19)6-17-12-10(16)4-5-11-13(12)18-7-20-11/h1-5,7,17,19H,6H2. The van der Waals surface area contributed by atoms with Gasteiger partial charge in [-0.1, -0.05) is 23.7 Å². The number of rotatable bonds is 3. The fourth-order valence-electron chi connectivity index (χ4n) is 1.96. The molecule has 2 N–H and O–H groups in total. The van der Waals surface area contributed by atoms with E-state index in [1.54, 1.807) is 22.9 Å². The van der Waals surface area contributed by atoms with Gasteiger partial charge in [-0.05, 0) is 34.1 Å². The van der Waals surface area contributed by atoms with E-state index in [0.717, 1.165) is 21.5 Å². The van der Waals surface area contributed by atoms with Gasteiger partial charge in [0.1, 0.15) is 11.3 Å². The fourth-order valence-corrected chi connectivity index (χ4v) is 3.27. The lowest BCUT2D eigenvalue weighted by Crippen LogP contribution is -2.01. The molecule has 0 atom stereocenters. The number of phenols is 1. The summed E-state index contributed by atoms with van der Waals surface area (Å²) in [7, 11) is 0. The summed E-state index contributed by atoms with van der Waals surface area (Å²) in [5.41, 5.74) is 4.24. The van der Waals surface area contributed by atoms with Crippen LogP contribution in [-0.2, 0) is 6.54 Å². The van der Waals surface area contributed by atoms with E-state index < -0.39 is 0 Å². The minimum Gasteiger partial charge on any atom is -0.506 e. The summed E-state index contributed by atoms with van der Waals surface area (Å²) in [4.78, 5) is 4.33. The Balaban J connectivity index is 1.92. The summed E-state index contributed by atoms with van der Waals surface area (Å²) in [6.45, 7) is 0.474. The van der Waals surface area contributed by atoms with Gasteiger partial charge in [-0.25, -0.2) is 4.98 Å². The predicted octanol–water partition coefficient (Wildman–Crippen LogP) is 5.03. The Morgan fingerprint density at radius 3 is 3.00 bits per heavy atom. The maximum absolute atomic E-state index is 9.98. The number of hydrogen-bond donors (Lipinski definition) is 2. The van der Waals surface area contributed by atoms with Gasteiger partial charge in [0, 0.05) is 12.1 Å². The highest BCUT2D eigenvalue weighted by Gasteiger charge is 2.10. The van der Waals surface area contributed by atoms with Crippen molar-refractivity contribution in [3.63, 3.8) is 0 Å². The molecule has 0 radical (unpaired) electrons. The number of nitrogens with zero attached hydrogens (tertiary/aromatic N) is 1. The zero-order valence-corrected chi connectivity index (χ0v) is 13.4. The molecule has 0 aliphatic rings. The first-order chi connectivity index (χ1) is 9.66. The maximum atomic E-state index is 9.98. The maximum Gasteiger partial charge on any atom is 0.134 e. The summed E-state index contributed by atoms with van der Waals surface area (Å²) in [5.74, 6) is 0.238. The van der Waals surface area contributed by atoms with Crippen molar-refractivity contribution >= 4 is 54.8 Å². The van der Waals surface area contributed by atoms with E-state index in [0.29, 0.717) is 16.0 Å². The molecule has 0 unspecified atom stereocenters. The number of nitrogens with one attached hydrogen (secondary N) is 1. The minimum atomic E-state index is 0.238. The summed E-state index contributed by atoms with van der Waals surface area (Å²) >= 11 is 11.1. The van der Waals surface area contributed by atoms with Crippen LogP contribution >= 0.6 is 38.9 Å². The van der Waals surface area contributed by atoms with Gasteiger partial charge in [-0.3, -0.25) is 0 Å². The summed E-state index contributed by atoms with van der Waals surface area (Å²) < 4.78 is 1.75. The van der Waals surface area contributed by atoms with Gasteiger partial charge >= 0.3 is 0 Å². The Hall–Kier alpha value is -1.30. The van der Waals surface area contributed by atoms with Gasteiger partial charge in [-0.15, -0.1) is 11.3 Å². The number of hydrogen-bond acceptors (Lipinski definition) is 4. The van der Waals surface area contributed by atoms with Crippen molar-refractivity contribution in [1.82, 2.24) is 4.98 Å². The average molecular weight is 370 g/mol. The lowest BCUT2D eigenvalue weighted by molar-refractivity contribution is 0.465. The van der Waals surface area contributed by atoms with Crippen molar-refractivity contribution in [3.8, 4) is 5.75 Å². The molecule has 0 bridgehead atoms. The smallest absolute Gasteiger partial charge is 0.134 e. The Morgan fingerprint density at radius 2 is 2.15 bits per heavy atom. The lowest BCUT2D eigenvalue weighted by Gasteiger charge is -2.11. The van der Waals surface area contributed by atoms with Crippen LogP contribution in [-0.4, -0.2) is 10.1 Å². The number of benzene rings is 2. The van der Waals surface area contributed by atoms with Gasteiger partial charge in [0.05, 0.1) is 25.4 Å². The zero-order chi connectivity index (χ0) is 14.1. The van der Waals surface area contributed by atoms with E-state index in [4.69, 9.17) is 11.6 Å². The van der Waals surface area contributed by atoms with Crippen LogP contribution in [0.2, 0.25) is 5.02 Å². The SMILES string of the molecule is Oc1c(Br)cccc1CNc1c(Cl)ccc2scnc12. The normalized spacial score (nSPS) is 10.9. The molecular formula is C14H10BrClN2OS. The second kappa shape index (κ2) is 5.60.